The van der Waals surface area contributed by atoms with Crippen LogP contribution in [0.25, 0.3) is 6.08 Å². The molecular weight excluding hydrogens is 486 g/mol. The number of benzene rings is 2. The van der Waals surface area contributed by atoms with Crippen LogP contribution in [0.15, 0.2) is 47.5 Å². The van der Waals surface area contributed by atoms with Gasteiger partial charge in [0.05, 0.1) is 18.1 Å². The lowest BCUT2D eigenvalue weighted by atomic mass is 9.82. The number of hydrogen-bond acceptors (Lipinski definition) is 4. The number of nitrogens with one attached hydrogen (secondary N) is 1. The van der Waals surface area contributed by atoms with Gasteiger partial charge in [-0.2, -0.15) is 0 Å². The van der Waals surface area contributed by atoms with E-state index in [1.54, 1.807) is 0 Å². The largest absolute Gasteiger partial charge is 0.369 e. The number of nitrogens with two attached hydrogens (primary N) is 1. The molecule has 6 bridgehead atoms. The first-order chi connectivity index (χ1) is 18.3. The Morgan fingerprint density at radius 1 is 1.05 bits per heavy atom. The molecule has 2 aromatic carbocycles. The monoisotopic (exact) mass is 520 g/mol. The fourth-order valence-corrected chi connectivity index (χ4v) is 6.04. The van der Waals surface area contributed by atoms with E-state index in [1.807, 2.05) is 13.8 Å². The molecule has 2 aliphatic carbocycles. The number of hydrogen-bond donors (Lipinski definition) is 2. The van der Waals surface area contributed by atoms with Gasteiger partial charge >= 0.3 is 0 Å². The summed E-state index contributed by atoms with van der Waals surface area (Å²) in [5.74, 6) is -3.53. The molecule has 3 atom stereocenters. The highest BCUT2D eigenvalue weighted by molar-refractivity contribution is 5.99. The summed E-state index contributed by atoms with van der Waals surface area (Å²) in [6.45, 7) is 4.00. The van der Waals surface area contributed by atoms with Gasteiger partial charge in [0, 0.05) is 24.0 Å². The fourth-order valence-electron chi connectivity index (χ4n) is 6.04. The Bertz CT molecular complexity index is 1320. The van der Waals surface area contributed by atoms with Gasteiger partial charge in [-0.1, -0.05) is 44.2 Å². The second kappa shape index (κ2) is 10.3. The van der Waals surface area contributed by atoms with Gasteiger partial charge < -0.3 is 11.1 Å². The maximum absolute atomic E-state index is 14.9. The van der Waals surface area contributed by atoms with Gasteiger partial charge in [-0.05, 0) is 72.6 Å². The molecule has 200 valence electrons. The third kappa shape index (κ3) is 4.72. The molecule has 6 nitrogen and oxygen atoms in total. The summed E-state index contributed by atoms with van der Waals surface area (Å²) in [5, 5.41) is 3.10. The fraction of sp³-hybridized carbons (Fsp3) is 0.433. The highest BCUT2D eigenvalue weighted by Crippen LogP contribution is 2.47. The Kier molecular flexibility index (Phi) is 7.07. The van der Waals surface area contributed by atoms with Gasteiger partial charge in [0.15, 0.2) is 5.96 Å². The lowest BCUT2D eigenvalue weighted by Crippen LogP contribution is -2.50. The summed E-state index contributed by atoms with van der Waals surface area (Å²) in [6.07, 6.45) is 7.00. The number of guanidine groups is 1. The van der Waals surface area contributed by atoms with E-state index >= 15 is 0 Å². The minimum atomic E-state index is -3.04. The first-order valence-corrected chi connectivity index (χ1v) is 13.6. The second-order valence-electron chi connectivity index (χ2n) is 10.2. The summed E-state index contributed by atoms with van der Waals surface area (Å²) >= 11 is 0. The van der Waals surface area contributed by atoms with Crippen molar-refractivity contribution >= 4 is 23.8 Å². The molecule has 0 radical (unpaired) electrons. The Morgan fingerprint density at radius 2 is 1.87 bits per heavy atom. The highest BCUT2D eigenvalue weighted by Gasteiger charge is 2.45. The third-order valence-corrected chi connectivity index (χ3v) is 7.88. The lowest BCUT2D eigenvalue weighted by molar-refractivity contribution is -0.131. The molecule has 2 aromatic rings. The molecule has 2 unspecified atom stereocenters. The van der Waals surface area contributed by atoms with Crippen molar-refractivity contribution in [1.82, 2.24) is 10.2 Å². The number of allylic oxidation sites excluding steroid dienone is 1. The maximum Gasteiger partial charge on any atom is 0.273 e. The lowest BCUT2D eigenvalue weighted by Gasteiger charge is -2.40. The number of carbonyl (C=O) groups excluding carboxylic acids is 2. The standard InChI is InChI=1S/C28H28F2N4O2.C2H6/c29-28(30)12-11-24-21-14-18(7-9-22(21)28)26(36)33-23-10-8-17-6-5-16(13-20(17)23)3-1-2-4-19-15-25(35)34(24)27(31)32-19;1-2/h1,3,5-7,9,13-14,19,23-24H,2,4,8,10-12,15H2,(H2,31,32)(H,33,36);1-2H3/b3-1-;/t19?,23?,24-;/m1./s1. The van der Waals surface area contributed by atoms with Crippen molar-refractivity contribution in [3.05, 3.63) is 75.9 Å². The van der Waals surface area contributed by atoms with E-state index in [0.29, 0.717) is 12.0 Å². The van der Waals surface area contributed by atoms with Crippen LogP contribution in [0.3, 0.4) is 0 Å². The van der Waals surface area contributed by atoms with Crippen LogP contribution in [-0.2, 0) is 17.1 Å². The molecule has 3 aliphatic heterocycles. The molecule has 0 aromatic heterocycles. The number of carbonyl (C=O) groups is 2. The summed E-state index contributed by atoms with van der Waals surface area (Å²) in [4.78, 5) is 32.4. The Hall–Kier alpha value is -3.55. The Morgan fingerprint density at radius 3 is 2.66 bits per heavy atom. The summed E-state index contributed by atoms with van der Waals surface area (Å²) in [5.41, 5.74) is 10.0. The zero-order valence-corrected chi connectivity index (χ0v) is 21.8. The van der Waals surface area contributed by atoms with Crippen molar-refractivity contribution in [2.75, 3.05) is 0 Å². The molecule has 0 saturated heterocycles. The molecule has 0 saturated carbocycles. The van der Waals surface area contributed by atoms with Crippen LogP contribution < -0.4 is 11.1 Å². The predicted molar refractivity (Wildman–Crippen MR) is 144 cm³/mol. The zero-order valence-electron chi connectivity index (χ0n) is 21.8. The number of alkyl halides is 2. The van der Waals surface area contributed by atoms with E-state index in [0.717, 1.165) is 30.4 Å². The zero-order chi connectivity index (χ0) is 27.0. The van der Waals surface area contributed by atoms with Gasteiger partial charge in [0.1, 0.15) is 0 Å². The second-order valence-corrected chi connectivity index (χ2v) is 10.2. The number of halogens is 2. The molecule has 3 heterocycles. The number of fused-ring (bicyclic) bond motifs is 4. The number of nitrogens with zero attached hydrogens (tertiary/aromatic N) is 2. The molecule has 0 fully saturated rings. The molecule has 38 heavy (non-hydrogen) atoms. The molecule has 8 heteroatoms. The SMILES string of the molecule is CC.NC1=NC2CC/C=C\c3ccc4c(c3)C(CC4)NC(=O)c3ccc4c(c3)[C@@H](CCC4(F)F)N1C(=O)C2. The topological polar surface area (TPSA) is 87.8 Å². The molecule has 2 amide bonds. The van der Waals surface area contributed by atoms with Crippen molar-refractivity contribution in [3.63, 3.8) is 0 Å². The van der Waals surface area contributed by atoms with Crippen LogP contribution in [0.5, 0.6) is 0 Å². The molecule has 5 aliphatic rings. The van der Waals surface area contributed by atoms with Crippen molar-refractivity contribution in [3.8, 4) is 0 Å². The van der Waals surface area contributed by atoms with Crippen molar-refractivity contribution in [2.45, 2.75) is 82.8 Å². The average Bonchev–Trinajstić information content (AvgIpc) is 3.30. The summed E-state index contributed by atoms with van der Waals surface area (Å²) in [7, 11) is 0. The Balaban J connectivity index is 0.00000144. The first kappa shape index (κ1) is 26.1. The quantitative estimate of drug-likeness (QED) is 0.462. The van der Waals surface area contributed by atoms with Gasteiger partial charge in [0.2, 0.25) is 5.91 Å². The molecular formula is C30H34F2N4O2. The van der Waals surface area contributed by atoms with E-state index in [4.69, 9.17) is 5.73 Å². The van der Waals surface area contributed by atoms with Crippen LogP contribution >= 0.6 is 0 Å². The van der Waals surface area contributed by atoms with Gasteiger partial charge in [-0.25, -0.2) is 13.8 Å². The summed E-state index contributed by atoms with van der Waals surface area (Å²) < 4.78 is 29.8. The average molecular weight is 521 g/mol. The number of aryl methyl sites for hydroxylation is 1. The number of aliphatic imine (C=N–C) groups is 1. The van der Waals surface area contributed by atoms with Crippen LogP contribution in [0.4, 0.5) is 8.78 Å². The van der Waals surface area contributed by atoms with Gasteiger partial charge in [0.25, 0.3) is 11.8 Å². The number of rotatable bonds is 0. The third-order valence-electron chi connectivity index (χ3n) is 7.88. The summed E-state index contributed by atoms with van der Waals surface area (Å²) in [6, 6.07) is 9.48. The molecule has 7 rings (SSSR count). The van der Waals surface area contributed by atoms with E-state index in [2.05, 4.69) is 40.7 Å². The van der Waals surface area contributed by atoms with E-state index in [-0.39, 0.29) is 53.8 Å². The minimum Gasteiger partial charge on any atom is -0.369 e. The smallest absolute Gasteiger partial charge is 0.273 e. The minimum absolute atomic E-state index is 0.0409. The molecule has 3 N–H and O–H groups in total. The number of amides is 2. The maximum atomic E-state index is 14.9. The van der Waals surface area contributed by atoms with Crippen LogP contribution in [0, 0.1) is 0 Å². The van der Waals surface area contributed by atoms with E-state index < -0.39 is 18.4 Å². The van der Waals surface area contributed by atoms with Crippen LogP contribution in [-0.4, -0.2) is 28.7 Å². The highest BCUT2D eigenvalue weighted by atomic mass is 19.3. The van der Waals surface area contributed by atoms with E-state index in [1.165, 1.54) is 28.7 Å². The Labute approximate surface area is 222 Å². The first-order valence-electron chi connectivity index (χ1n) is 13.6. The molecule has 0 spiro atoms. The van der Waals surface area contributed by atoms with Gasteiger partial charge in [-0.3, -0.25) is 14.5 Å². The van der Waals surface area contributed by atoms with Crippen LogP contribution in [0.1, 0.15) is 103 Å². The van der Waals surface area contributed by atoms with E-state index in [9.17, 15) is 18.4 Å². The van der Waals surface area contributed by atoms with Crippen molar-refractivity contribution in [2.24, 2.45) is 10.7 Å². The van der Waals surface area contributed by atoms with Gasteiger partial charge in [-0.15, -0.1) is 0 Å². The van der Waals surface area contributed by atoms with Crippen molar-refractivity contribution < 1.29 is 18.4 Å². The van der Waals surface area contributed by atoms with Crippen molar-refractivity contribution in [1.29, 1.82) is 0 Å². The normalized spacial score (nSPS) is 26.4. The predicted octanol–water partition coefficient (Wildman–Crippen LogP) is 5.78. The van der Waals surface area contributed by atoms with Crippen LogP contribution in [0.2, 0.25) is 0 Å².